The highest BCUT2D eigenvalue weighted by atomic mass is 32.1. The molecule has 0 heterocycles. The fourth-order valence-corrected chi connectivity index (χ4v) is 0. The monoisotopic (exact) mass is 77.0 g/mol. The molecule has 0 saturated carbocycles. The van der Waals surface area contributed by atoms with Crippen LogP contribution in [0.15, 0.2) is 0 Å². The molecule has 4 heteroatoms. The molecule has 0 amide bonds. The van der Waals surface area contributed by atoms with Crippen molar-refractivity contribution < 1.29 is 0 Å². The van der Waals surface area contributed by atoms with Gasteiger partial charge in [-0.05, 0) is 0 Å². The Hall–Kier alpha value is -0.340. The van der Waals surface area contributed by atoms with Crippen molar-refractivity contribution >= 4 is 13.5 Å². The lowest BCUT2D eigenvalue weighted by atomic mass is 13.0. The first-order valence-corrected chi connectivity index (χ1v) is 0.400. The zero-order chi connectivity index (χ0) is 2.71. The van der Waals surface area contributed by atoms with E-state index in [0.717, 1.165) is 0 Å². The fraction of sp³-hybridized carbons (Fsp3) is 0. The summed E-state index contributed by atoms with van der Waals surface area (Å²) in [6, 6.07) is 0. The Bertz CT molecular complexity index is 24.3. The fourth-order valence-electron chi connectivity index (χ4n) is 0. The minimum absolute atomic E-state index is 0. The molecule has 0 spiro atoms. The highest BCUT2D eigenvalue weighted by Crippen LogP contribution is 1.29. The molecule has 0 aliphatic heterocycles. The van der Waals surface area contributed by atoms with Gasteiger partial charge in [-0.1, -0.05) is 13.5 Å². The van der Waals surface area contributed by atoms with E-state index in [9.17, 15) is 0 Å². The summed E-state index contributed by atoms with van der Waals surface area (Å²) in [5.41, 5.74) is 13.5. The van der Waals surface area contributed by atoms with Gasteiger partial charge in [0, 0.05) is 0 Å². The van der Waals surface area contributed by atoms with Crippen LogP contribution in [0.3, 0.4) is 0 Å². The third-order valence-electron chi connectivity index (χ3n) is 0. The van der Waals surface area contributed by atoms with Gasteiger partial charge in [0.1, 0.15) is 0 Å². The van der Waals surface area contributed by atoms with Gasteiger partial charge in [0.25, 0.3) is 0 Å². The largest absolute Gasteiger partial charge is 0.373 e. The first-order valence-electron chi connectivity index (χ1n) is 0.400. The third-order valence-corrected chi connectivity index (χ3v) is 0. The van der Waals surface area contributed by atoms with Gasteiger partial charge in [0.2, 0.25) is 0 Å². The Morgan fingerprint density at radius 2 is 1.25 bits per heavy atom. The van der Waals surface area contributed by atoms with Crippen LogP contribution in [0, 0.1) is 0 Å². The predicted octanol–water partition coefficient (Wildman–Crippen LogP) is 0.0606. The lowest BCUT2D eigenvalue weighted by Crippen LogP contribution is -0.711. The highest BCUT2D eigenvalue weighted by Gasteiger charge is 0.689. The molecule has 0 rings (SSSR count). The van der Waals surface area contributed by atoms with Crippen molar-refractivity contribution in [2.24, 2.45) is 0 Å². The summed E-state index contributed by atoms with van der Waals surface area (Å²) >= 11 is 0. The molecule has 4 heavy (non-hydrogen) atoms. The molecule has 0 aromatic heterocycles. The molecule has 0 N–H and O–H groups in total. The Morgan fingerprint density at radius 3 is 1.25 bits per heavy atom. The smallest absolute Gasteiger partial charge is 0.0576 e. The maximum absolute atomic E-state index is 6.75. The summed E-state index contributed by atoms with van der Waals surface area (Å²) in [5.74, 6) is 0. The Balaban J connectivity index is 0. The van der Waals surface area contributed by atoms with E-state index in [1.807, 2.05) is 0 Å². The molecular weight excluding hydrogens is 74.1 g/mol. The first kappa shape index (κ1) is 9.40. The van der Waals surface area contributed by atoms with E-state index < -0.39 is 0 Å². The van der Waals surface area contributed by atoms with Crippen molar-refractivity contribution in [1.29, 1.82) is 0 Å². The first-order chi connectivity index (χ1) is 1.41. The molecule has 0 aliphatic rings. The molecule has 0 fully saturated rings. The van der Waals surface area contributed by atoms with Gasteiger partial charge in [0.05, 0.1) is 0 Å². The molecule has 0 aromatic rings. The summed E-state index contributed by atoms with van der Waals surface area (Å²) in [4.78, 5) is 1.50. The summed E-state index contributed by atoms with van der Waals surface area (Å²) < 4.78 is 0. The van der Waals surface area contributed by atoms with E-state index in [-0.39, 0.29) is 13.5 Å². The number of rotatable bonds is 0. The SMILES string of the molecule is [N-]=[N+]=[N-].[SH3+]. The maximum Gasteiger partial charge on any atom is -0.0576 e. The van der Waals surface area contributed by atoms with Gasteiger partial charge >= 0.3 is 0 Å². The van der Waals surface area contributed by atoms with Gasteiger partial charge in [-0.3, -0.25) is 4.91 Å². The zero-order valence-electron chi connectivity index (χ0n) is 1.92. The van der Waals surface area contributed by atoms with Crippen molar-refractivity contribution in [2.45, 2.75) is 0 Å². The molecule has 24 valence electrons. The molecule has 0 radical (unpaired) electrons. The number of nitrogens with zero attached hydrogens (tertiary/aromatic N) is 3. The van der Waals surface area contributed by atoms with Gasteiger partial charge in [-0.25, -0.2) is 0 Å². The molecule has 0 aromatic carbocycles. The van der Waals surface area contributed by atoms with Crippen molar-refractivity contribution in [2.75, 3.05) is 0 Å². The highest BCUT2D eigenvalue weighted by molar-refractivity contribution is 7.37. The summed E-state index contributed by atoms with van der Waals surface area (Å²) in [7, 11) is 0. The maximum atomic E-state index is 6.75. The van der Waals surface area contributed by atoms with Gasteiger partial charge < -0.3 is 11.1 Å². The third kappa shape index (κ3) is 6.26. The summed E-state index contributed by atoms with van der Waals surface area (Å²) in [5, 5.41) is 0. The molecular formula is H3N3S. The van der Waals surface area contributed by atoms with Crippen LogP contribution in [0.2, 0.25) is 0 Å². The molecule has 0 atom stereocenters. The second-order valence-electron chi connectivity index (χ2n) is 0.0894. The molecule has 0 unspecified atom stereocenters. The molecule has 0 saturated heterocycles. The van der Waals surface area contributed by atoms with Gasteiger partial charge in [-0.2, -0.15) is 0 Å². The predicted molar refractivity (Wildman–Crippen MR) is 21.6 cm³/mol. The van der Waals surface area contributed by atoms with Crippen LogP contribution in [0.25, 0.3) is 16.0 Å². The zero-order valence-corrected chi connectivity index (χ0v) is 3.07. The molecule has 3 nitrogen and oxygen atoms in total. The van der Waals surface area contributed by atoms with Crippen molar-refractivity contribution in [3.05, 3.63) is 16.0 Å². The van der Waals surface area contributed by atoms with E-state index in [1.54, 1.807) is 0 Å². The van der Waals surface area contributed by atoms with Crippen LogP contribution in [-0.2, 0) is 13.5 Å². The summed E-state index contributed by atoms with van der Waals surface area (Å²) in [6.07, 6.45) is 0. The molecule has 0 aliphatic carbocycles. The van der Waals surface area contributed by atoms with Crippen LogP contribution in [0.5, 0.6) is 0 Å². The normalized spacial score (nSPS) is 2.00. The second-order valence-corrected chi connectivity index (χ2v) is 0.0894. The average molecular weight is 77.1 g/mol. The number of hydrogen-bond donors (Lipinski definition) is 0. The van der Waals surface area contributed by atoms with Crippen LogP contribution in [0.4, 0.5) is 0 Å². The van der Waals surface area contributed by atoms with E-state index in [2.05, 4.69) is 0 Å². The Labute approximate surface area is 30.5 Å². The van der Waals surface area contributed by atoms with Crippen LogP contribution < -0.4 is 0 Å². The molecule has 0 bridgehead atoms. The van der Waals surface area contributed by atoms with Gasteiger partial charge in [0.15, 0.2) is 0 Å². The van der Waals surface area contributed by atoms with Crippen LogP contribution in [-0.4, -0.2) is 0 Å². The van der Waals surface area contributed by atoms with Crippen molar-refractivity contribution in [3.63, 3.8) is 0 Å². The van der Waals surface area contributed by atoms with E-state index in [4.69, 9.17) is 11.1 Å². The van der Waals surface area contributed by atoms with E-state index in [1.165, 1.54) is 4.91 Å². The van der Waals surface area contributed by atoms with Crippen LogP contribution in [0.1, 0.15) is 0 Å². The standard InChI is InChI=1S/N3.H2S/c1-3-2;/h;1H2/q-1;/p+1. The Morgan fingerprint density at radius 1 is 1.25 bits per heavy atom. The summed E-state index contributed by atoms with van der Waals surface area (Å²) in [6.45, 7) is 0. The van der Waals surface area contributed by atoms with E-state index >= 15 is 0 Å². The number of hydrogen-bond acceptors (Lipinski definition) is 0. The van der Waals surface area contributed by atoms with E-state index in [0.29, 0.717) is 0 Å². The second kappa shape index (κ2) is 16.8. The van der Waals surface area contributed by atoms with Crippen molar-refractivity contribution in [3.8, 4) is 0 Å². The topological polar surface area (TPSA) is 58.7 Å². The Kier molecular flexibility index (Phi) is 39.5. The van der Waals surface area contributed by atoms with Crippen LogP contribution >= 0.6 is 0 Å². The lowest BCUT2D eigenvalue weighted by molar-refractivity contribution is 2.36. The van der Waals surface area contributed by atoms with Crippen molar-refractivity contribution in [1.82, 2.24) is 0 Å². The minimum Gasteiger partial charge on any atom is -0.373 e. The minimum atomic E-state index is 0. The lowest BCUT2D eigenvalue weighted by Gasteiger charge is -1.31. The van der Waals surface area contributed by atoms with Gasteiger partial charge in [-0.15, -0.1) is 0 Å². The average Bonchev–Trinajstić information content (AvgIpc) is 0.918. The quantitative estimate of drug-likeness (QED) is 0.170.